The monoisotopic (exact) mass is 302 g/mol. The lowest BCUT2D eigenvalue weighted by Crippen LogP contribution is -1.99. The molecule has 0 aliphatic carbocycles. The Kier molecular flexibility index (Phi) is 4.21. The minimum Gasteiger partial charge on any atom is -0.496 e. The second kappa shape index (κ2) is 5.90. The van der Waals surface area contributed by atoms with Crippen LogP contribution in [0, 0.1) is 23.3 Å². The summed E-state index contributed by atoms with van der Waals surface area (Å²) in [5.74, 6) is -7.09. The van der Waals surface area contributed by atoms with E-state index in [1.807, 2.05) is 0 Å². The number of ether oxygens (including phenoxy) is 3. The lowest BCUT2D eigenvalue weighted by atomic mass is 10.2. The molecule has 0 N–H and O–H groups in total. The molecule has 0 amide bonds. The van der Waals surface area contributed by atoms with Crippen molar-refractivity contribution < 1.29 is 31.8 Å². The van der Waals surface area contributed by atoms with E-state index in [0.717, 1.165) is 0 Å². The van der Waals surface area contributed by atoms with Crippen LogP contribution in [0.1, 0.15) is 0 Å². The summed E-state index contributed by atoms with van der Waals surface area (Å²) in [6.07, 6.45) is 0. The van der Waals surface area contributed by atoms with E-state index in [1.54, 1.807) is 0 Å². The van der Waals surface area contributed by atoms with Gasteiger partial charge in [0, 0.05) is 24.3 Å². The molecule has 0 aliphatic heterocycles. The Morgan fingerprint density at radius 3 is 1.52 bits per heavy atom. The molecule has 2 aromatic carbocycles. The van der Waals surface area contributed by atoms with Gasteiger partial charge in [-0.05, 0) is 0 Å². The zero-order valence-electron chi connectivity index (χ0n) is 11.0. The van der Waals surface area contributed by atoms with Gasteiger partial charge in [0.1, 0.15) is 17.2 Å². The van der Waals surface area contributed by atoms with Gasteiger partial charge in [-0.15, -0.1) is 0 Å². The molecule has 3 nitrogen and oxygen atoms in total. The Bertz CT molecular complexity index is 625. The normalized spacial score (nSPS) is 10.4. The Morgan fingerprint density at radius 2 is 1.10 bits per heavy atom. The van der Waals surface area contributed by atoms with E-state index >= 15 is 0 Å². The van der Waals surface area contributed by atoms with Gasteiger partial charge in [0.05, 0.1) is 14.2 Å². The average molecular weight is 302 g/mol. The van der Waals surface area contributed by atoms with Crippen LogP contribution >= 0.6 is 0 Å². The summed E-state index contributed by atoms with van der Waals surface area (Å²) in [4.78, 5) is 0. The third-order valence-electron chi connectivity index (χ3n) is 2.62. The van der Waals surface area contributed by atoms with Gasteiger partial charge >= 0.3 is 0 Å². The smallest absolute Gasteiger partial charge is 0.204 e. The quantitative estimate of drug-likeness (QED) is 0.630. The van der Waals surface area contributed by atoms with Gasteiger partial charge in [-0.25, -0.2) is 8.78 Å². The first kappa shape index (κ1) is 15.0. The molecule has 0 aliphatic rings. The first-order valence-electron chi connectivity index (χ1n) is 5.70. The molecule has 0 bridgehead atoms. The maximum atomic E-state index is 13.5. The number of rotatable bonds is 4. The van der Waals surface area contributed by atoms with E-state index in [2.05, 4.69) is 0 Å². The SMILES string of the molecule is COc1cc(OC)cc(Oc2c(F)c(F)cc(F)c2F)c1. The van der Waals surface area contributed by atoms with E-state index in [9.17, 15) is 17.6 Å². The number of halogens is 4. The van der Waals surface area contributed by atoms with Crippen LogP contribution in [0.4, 0.5) is 17.6 Å². The van der Waals surface area contributed by atoms with Crippen LogP contribution in [0.15, 0.2) is 24.3 Å². The summed E-state index contributed by atoms with van der Waals surface area (Å²) >= 11 is 0. The van der Waals surface area contributed by atoms with Gasteiger partial charge in [0.2, 0.25) is 17.4 Å². The fraction of sp³-hybridized carbons (Fsp3) is 0.143. The summed E-state index contributed by atoms with van der Waals surface area (Å²) in [6, 6.07) is 4.16. The molecule has 0 spiro atoms. The predicted octanol–water partition coefficient (Wildman–Crippen LogP) is 4.05. The van der Waals surface area contributed by atoms with E-state index in [-0.39, 0.29) is 23.3 Å². The van der Waals surface area contributed by atoms with Gasteiger partial charge in [-0.2, -0.15) is 8.78 Å². The molecule has 2 rings (SSSR count). The van der Waals surface area contributed by atoms with Crippen molar-refractivity contribution in [3.63, 3.8) is 0 Å². The molecule has 0 saturated carbocycles. The largest absolute Gasteiger partial charge is 0.496 e. The van der Waals surface area contributed by atoms with Crippen molar-refractivity contribution in [1.29, 1.82) is 0 Å². The topological polar surface area (TPSA) is 27.7 Å². The molecule has 0 unspecified atom stereocenters. The number of benzene rings is 2. The average Bonchev–Trinajstić information content (AvgIpc) is 2.49. The molecule has 0 saturated heterocycles. The first-order chi connectivity index (χ1) is 9.96. The Morgan fingerprint density at radius 1 is 0.667 bits per heavy atom. The first-order valence-corrected chi connectivity index (χ1v) is 5.70. The van der Waals surface area contributed by atoms with Crippen LogP contribution in [-0.2, 0) is 0 Å². The van der Waals surface area contributed by atoms with Crippen molar-refractivity contribution in [3.8, 4) is 23.0 Å². The van der Waals surface area contributed by atoms with Crippen LogP contribution in [0.5, 0.6) is 23.0 Å². The maximum Gasteiger partial charge on any atom is 0.204 e. The van der Waals surface area contributed by atoms with Crippen LogP contribution in [-0.4, -0.2) is 14.2 Å². The summed E-state index contributed by atoms with van der Waals surface area (Å²) in [6.45, 7) is 0. The highest BCUT2D eigenvalue weighted by atomic mass is 19.2. The lowest BCUT2D eigenvalue weighted by Gasteiger charge is -2.11. The summed E-state index contributed by atoms with van der Waals surface area (Å²) in [7, 11) is 2.73. The minimum atomic E-state index is -1.63. The van der Waals surface area contributed by atoms with E-state index in [1.165, 1.54) is 32.4 Å². The second-order valence-electron chi connectivity index (χ2n) is 3.95. The molecule has 0 heterocycles. The molecule has 2 aromatic rings. The fourth-order valence-electron chi connectivity index (χ4n) is 1.60. The van der Waals surface area contributed by atoms with Crippen molar-refractivity contribution in [1.82, 2.24) is 0 Å². The standard InChI is InChI=1S/C14H10F4O3/c1-19-7-3-8(20-2)5-9(4-7)21-14-12(17)10(15)6-11(16)13(14)18/h3-6H,1-2H3. The summed E-state index contributed by atoms with van der Waals surface area (Å²) < 4.78 is 68.0. The molecule has 0 atom stereocenters. The summed E-state index contributed by atoms with van der Waals surface area (Å²) in [5, 5.41) is 0. The van der Waals surface area contributed by atoms with Crippen LogP contribution in [0.3, 0.4) is 0 Å². The summed E-state index contributed by atoms with van der Waals surface area (Å²) in [5.41, 5.74) is 0. The highest BCUT2D eigenvalue weighted by molar-refractivity contribution is 5.44. The van der Waals surface area contributed by atoms with Crippen molar-refractivity contribution in [2.24, 2.45) is 0 Å². The zero-order valence-corrected chi connectivity index (χ0v) is 11.0. The van der Waals surface area contributed by atoms with E-state index in [0.29, 0.717) is 0 Å². The lowest BCUT2D eigenvalue weighted by molar-refractivity contribution is 0.357. The van der Waals surface area contributed by atoms with Crippen LogP contribution < -0.4 is 14.2 Å². The van der Waals surface area contributed by atoms with Gasteiger partial charge in [-0.1, -0.05) is 0 Å². The highest BCUT2D eigenvalue weighted by Crippen LogP contribution is 2.34. The van der Waals surface area contributed by atoms with Gasteiger partial charge in [0.15, 0.2) is 11.6 Å². The molecule has 0 fully saturated rings. The predicted molar refractivity (Wildman–Crippen MR) is 65.9 cm³/mol. The number of hydrogen-bond donors (Lipinski definition) is 0. The number of methoxy groups -OCH3 is 2. The third-order valence-corrected chi connectivity index (χ3v) is 2.62. The van der Waals surface area contributed by atoms with Crippen LogP contribution in [0.25, 0.3) is 0 Å². The van der Waals surface area contributed by atoms with Crippen molar-refractivity contribution in [2.45, 2.75) is 0 Å². The maximum absolute atomic E-state index is 13.5. The van der Waals surface area contributed by atoms with E-state index < -0.39 is 29.0 Å². The third kappa shape index (κ3) is 3.01. The van der Waals surface area contributed by atoms with Crippen molar-refractivity contribution in [2.75, 3.05) is 14.2 Å². The Hall–Kier alpha value is -2.44. The van der Waals surface area contributed by atoms with Gasteiger partial charge in [0.25, 0.3) is 0 Å². The van der Waals surface area contributed by atoms with Crippen LogP contribution in [0.2, 0.25) is 0 Å². The zero-order chi connectivity index (χ0) is 15.6. The molecule has 21 heavy (non-hydrogen) atoms. The minimum absolute atomic E-state index is 0.101. The van der Waals surface area contributed by atoms with Gasteiger partial charge in [-0.3, -0.25) is 0 Å². The number of hydrogen-bond acceptors (Lipinski definition) is 3. The Balaban J connectivity index is 2.47. The second-order valence-corrected chi connectivity index (χ2v) is 3.95. The molecule has 0 radical (unpaired) electrons. The molecular formula is C14H10F4O3. The van der Waals surface area contributed by atoms with Gasteiger partial charge < -0.3 is 14.2 Å². The highest BCUT2D eigenvalue weighted by Gasteiger charge is 2.21. The van der Waals surface area contributed by atoms with Crippen molar-refractivity contribution >= 4 is 0 Å². The fourth-order valence-corrected chi connectivity index (χ4v) is 1.60. The van der Waals surface area contributed by atoms with E-state index in [4.69, 9.17) is 14.2 Å². The Labute approximate surface area is 117 Å². The molecule has 0 aromatic heterocycles. The molecule has 7 heteroatoms. The van der Waals surface area contributed by atoms with Crippen molar-refractivity contribution in [3.05, 3.63) is 47.5 Å². The molecule has 112 valence electrons. The molecular weight excluding hydrogens is 292 g/mol.